The van der Waals surface area contributed by atoms with E-state index in [1.54, 1.807) is 18.0 Å². The molecule has 0 fully saturated rings. The van der Waals surface area contributed by atoms with E-state index in [4.69, 9.17) is 9.47 Å². The van der Waals surface area contributed by atoms with Crippen molar-refractivity contribution in [3.05, 3.63) is 64.2 Å². The Bertz CT molecular complexity index is 829. The molecule has 0 aliphatic rings. The van der Waals surface area contributed by atoms with Gasteiger partial charge in [-0.2, -0.15) is 0 Å². The van der Waals surface area contributed by atoms with Gasteiger partial charge >= 0.3 is 5.97 Å². The molecule has 0 saturated carbocycles. The van der Waals surface area contributed by atoms with E-state index in [1.165, 1.54) is 5.56 Å². The summed E-state index contributed by atoms with van der Waals surface area (Å²) in [6, 6.07) is 11.7. The van der Waals surface area contributed by atoms with Crippen molar-refractivity contribution in [1.29, 1.82) is 0 Å². The third-order valence-electron chi connectivity index (χ3n) is 4.52. The SMILES string of the molecule is Cc1ccc(CN(C)C(=O)COC(=O)COc2ccc(C)c(C)c2)c(C)c1. The van der Waals surface area contributed by atoms with Crippen LogP contribution in [0.3, 0.4) is 0 Å². The van der Waals surface area contributed by atoms with E-state index < -0.39 is 5.97 Å². The predicted octanol–water partition coefficient (Wildman–Crippen LogP) is 3.50. The summed E-state index contributed by atoms with van der Waals surface area (Å²) in [5.74, 6) is -0.218. The van der Waals surface area contributed by atoms with Gasteiger partial charge < -0.3 is 14.4 Å². The van der Waals surface area contributed by atoms with Crippen LogP contribution < -0.4 is 4.74 Å². The average molecular weight is 369 g/mol. The smallest absolute Gasteiger partial charge is 0.344 e. The monoisotopic (exact) mass is 369 g/mol. The van der Waals surface area contributed by atoms with Gasteiger partial charge in [-0.1, -0.05) is 29.8 Å². The van der Waals surface area contributed by atoms with Gasteiger partial charge in [-0.15, -0.1) is 0 Å². The number of ether oxygens (including phenoxy) is 2. The summed E-state index contributed by atoms with van der Waals surface area (Å²) in [4.78, 5) is 25.6. The normalized spacial score (nSPS) is 10.4. The van der Waals surface area contributed by atoms with Gasteiger partial charge in [0.15, 0.2) is 13.2 Å². The molecule has 2 aromatic carbocycles. The molecule has 0 heterocycles. The number of benzene rings is 2. The minimum atomic E-state index is -0.568. The predicted molar refractivity (Wildman–Crippen MR) is 105 cm³/mol. The largest absolute Gasteiger partial charge is 0.482 e. The molecule has 5 heteroatoms. The van der Waals surface area contributed by atoms with E-state index in [0.717, 1.165) is 22.3 Å². The van der Waals surface area contributed by atoms with Crippen LogP contribution in [0, 0.1) is 27.7 Å². The lowest BCUT2D eigenvalue weighted by molar-refractivity contribution is -0.153. The molecular weight excluding hydrogens is 342 g/mol. The van der Waals surface area contributed by atoms with Gasteiger partial charge in [-0.3, -0.25) is 4.79 Å². The van der Waals surface area contributed by atoms with Crippen LogP contribution >= 0.6 is 0 Å². The molecule has 2 rings (SSSR count). The van der Waals surface area contributed by atoms with Crippen LogP contribution in [-0.4, -0.2) is 37.0 Å². The Morgan fingerprint density at radius 1 is 0.889 bits per heavy atom. The van der Waals surface area contributed by atoms with Crippen LogP contribution in [0.5, 0.6) is 5.75 Å². The van der Waals surface area contributed by atoms with E-state index in [2.05, 4.69) is 6.07 Å². The van der Waals surface area contributed by atoms with Gasteiger partial charge in [0.1, 0.15) is 5.75 Å². The highest BCUT2D eigenvalue weighted by atomic mass is 16.6. The van der Waals surface area contributed by atoms with Crippen molar-refractivity contribution in [2.24, 2.45) is 0 Å². The first kappa shape index (κ1) is 20.5. The summed E-state index contributed by atoms with van der Waals surface area (Å²) >= 11 is 0. The number of hydrogen-bond donors (Lipinski definition) is 0. The first-order valence-corrected chi connectivity index (χ1v) is 8.92. The van der Waals surface area contributed by atoms with Gasteiger partial charge in [0.25, 0.3) is 5.91 Å². The minimum Gasteiger partial charge on any atom is -0.482 e. The lowest BCUT2D eigenvalue weighted by Crippen LogP contribution is -2.31. The molecule has 0 unspecified atom stereocenters. The summed E-state index contributed by atoms with van der Waals surface area (Å²) in [5.41, 5.74) is 5.63. The van der Waals surface area contributed by atoms with Crippen molar-refractivity contribution >= 4 is 11.9 Å². The summed E-state index contributed by atoms with van der Waals surface area (Å²) in [6.45, 7) is 7.99. The van der Waals surface area contributed by atoms with Crippen LogP contribution in [0.1, 0.15) is 27.8 Å². The third-order valence-corrected chi connectivity index (χ3v) is 4.52. The van der Waals surface area contributed by atoms with Crippen LogP contribution in [0.4, 0.5) is 0 Å². The first-order valence-electron chi connectivity index (χ1n) is 8.92. The summed E-state index contributed by atoms with van der Waals surface area (Å²) in [6.07, 6.45) is 0. The highest BCUT2D eigenvalue weighted by molar-refractivity contribution is 5.80. The van der Waals surface area contributed by atoms with E-state index in [1.807, 2.05) is 52.0 Å². The molecule has 5 nitrogen and oxygen atoms in total. The van der Waals surface area contributed by atoms with Gasteiger partial charge in [0, 0.05) is 13.6 Å². The highest BCUT2D eigenvalue weighted by Crippen LogP contribution is 2.16. The number of hydrogen-bond acceptors (Lipinski definition) is 4. The number of carbonyl (C=O) groups is 2. The first-order chi connectivity index (χ1) is 12.8. The zero-order valence-corrected chi connectivity index (χ0v) is 16.7. The maximum absolute atomic E-state index is 12.2. The Morgan fingerprint density at radius 3 is 2.30 bits per heavy atom. The molecule has 0 spiro atoms. The Kier molecular flexibility index (Phi) is 6.99. The molecule has 0 saturated heterocycles. The molecule has 0 bridgehead atoms. The lowest BCUT2D eigenvalue weighted by atomic mass is 10.1. The summed E-state index contributed by atoms with van der Waals surface area (Å²) in [5, 5.41) is 0. The Morgan fingerprint density at radius 2 is 1.63 bits per heavy atom. The maximum Gasteiger partial charge on any atom is 0.344 e. The van der Waals surface area contributed by atoms with E-state index >= 15 is 0 Å². The number of aryl methyl sites for hydroxylation is 4. The van der Waals surface area contributed by atoms with Crippen molar-refractivity contribution in [2.45, 2.75) is 34.2 Å². The zero-order valence-electron chi connectivity index (χ0n) is 16.7. The van der Waals surface area contributed by atoms with Gasteiger partial charge in [0.05, 0.1) is 0 Å². The number of amides is 1. The van der Waals surface area contributed by atoms with E-state index in [9.17, 15) is 9.59 Å². The van der Waals surface area contributed by atoms with Gasteiger partial charge in [0.2, 0.25) is 0 Å². The van der Waals surface area contributed by atoms with Crippen LogP contribution in [0.15, 0.2) is 36.4 Å². The molecule has 0 N–H and O–H groups in total. The molecule has 1 amide bonds. The van der Waals surface area contributed by atoms with Crippen molar-refractivity contribution in [3.63, 3.8) is 0 Å². The number of carbonyl (C=O) groups excluding carboxylic acids is 2. The maximum atomic E-state index is 12.2. The molecule has 0 aliphatic carbocycles. The van der Waals surface area contributed by atoms with Crippen molar-refractivity contribution in [2.75, 3.05) is 20.3 Å². The highest BCUT2D eigenvalue weighted by Gasteiger charge is 2.14. The molecule has 2 aromatic rings. The number of esters is 1. The second kappa shape index (κ2) is 9.21. The fourth-order valence-corrected chi connectivity index (χ4v) is 2.61. The number of nitrogens with zero attached hydrogens (tertiary/aromatic N) is 1. The quantitative estimate of drug-likeness (QED) is 0.701. The topological polar surface area (TPSA) is 55.8 Å². The molecule has 0 aromatic heterocycles. The molecule has 0 atom stereocenters. The molecule has 0 aliphatic heterocycles. The summed E-state index contributed by atoms with van der Waals surface area (Å²) in [7, 11) is 1.70. The average Bonchev–Trinajstić information content (AvgIpc) is 2.62. The van der Waals surface area contributed by atoms with Crippen molar-refractivity contribution in [3.8, 4) is 5.75 Å². The fraction of sp³-hybridized carbons (Fsp3) is 0.364. The summed E-state index contributed by atoms with van der Waals surface area (Å²) < 4.78 is 10.5. The molecule has 0 radical (unpaired) electrons. The Hall–Kier alpha value is -2.82. The fourth-order valence-electron chi connectivity index (χ4n) is 2.61. The van der Waals surface area contributed by atoms with Gasteiger partial charge in [-0.25, -0.2) is 4.79 Å². The van der Waals surface area contributed by atoms with Gasteiger partial charge in [-0.05, 0) is 62.1 Å². The van der Waals surface area contributed by atoms with E-state index in [-0.39, 0.29) is 19.1 Å². The van der Waals surface area contributed by atoms with Crippen molar-refractivity contribution < 1.29 is 19.1 Å². The van der Waals surface area contributed by atoms with E-state index in [0.29, 0.717) is 12.3 Å². The Labute approximate surface area is 160 Å². The standard InChI is InChI=1S/C22H27NO4/c1-15-6-8-19(18(4)10-15)12-23(5)21(24)13-27-22(25)14-26-20-9-7-16(2)17(3)11-20/h6-11H,12-14H2,1-5H3. The second-order valence-electron chi connectivity index (χ2n) is 6.88. The Balaban J connectivity index is 1.78. The molecule has 27 heavy (non-hydrogen) atoms. The van der Waals surface area contributed by atoms with Crippen LogP contribution in [0.25, 0.3) is 0 Å². The molecular formula is C22H27NO4. The third kappa shape index (κ3) is 6.13. The second-order valence-corrected chi connectivity index (χ2v) is 6.88. The molecule has 144 valence electrons. The number of likely N-dealkylation sites (N-methyl/N-ethyl adjacent to an activating group) is 1. The number of rotatable bonds is 7. The van der Waals surface area contributed by atoms with Crippen LogP contribution in [0.2, 0.25) is 0 Å². The zero-order chi connectivity index (χ0) is 20.0. The lowest BCUT2D eigenvalue weighted by Gasteiger charge is -2.18. The minimum absolute atomic E-state index is 0.226. The van der Waals surface area contributed by atoms with Crippen LogP contribution in [-0.2, 0) is 20.9 Å². The van der Waals surface area contributed by atoms with Crippen molar-refractivity contribution in [1.82, 2.24) is 4.90 Å².